The van der Waals surface area contributed by atoms with Crippen LogP contribution in [0.15, 0.2) is 0 Å². The lowest BCUT2D eigenvalue weighted by Crippen LogP contribution is -2.63. The zero-order valence-corrected chi connectivity index (χ0v) is 15.5. The molecule has 0 aromatic carbocycles. The molecule has 3 aliphatic rings. The van der Waals surface area contributed by atoms with E-state index in [4.69, 9.17) is 14.5 Å². The molecule has 7 heteroatoms. The van der Waals surface area contributed by atoms with Crippen molar-refractivity contribution in [2.45, 2.75) is 58.1 Å². The van der Waals surface area contributed by atoms with Crippen molar-refractivity contribution in [2.24, 2.45) is 11.3 Å². The minimum Gasteiger partial charge on any atom is -0.467 e. The first kappa shape index (κ1) is 16.8. The Morgan fingerprint density at radius 1 is 1.12 bits per heavy atom. The molecule has 4 rings (SSSR count). The molecule has 0 unspecified atom stereocenters. The van der Waals surface area contributed by atoms with E-state index in [1.165, 1.54) is 25.7 Å². The lowest BCUT2D eigenvalue weighted by atomic mass is 9.57. The Morgan fingerprint density at radius 3 is 2.60 bits per heavy atom. The van der Waals surface area contributed by atoms with E-state index in [9.17, 15) is 0 Å². The molecular formula is C18H29N5O2. The van der Waals surface area contributed by atoms with Crippen LogP contribution in [0, 0.1) is 11.3 Å². The third-order valence-corrected chi connectivity index (χ3v) is 6.06. The van der Waals surface area contributed by atoms with E-state index in [2.05, 4.69) is 34.0 Å². The molecule has 1 N–H and O–H groups in total. The van der Waals surface area contributed by atoms with E-state index >= 15 is 0 Å². The van der Waals surface area contributed by atoms with Crippen LogP contribution >= 0.6 is 0 Å². The van der Waals surface area contributed by atoms with E-state index in [1.807, 2.05) is 0 Å². The largest absolute Gasteiger partial charge is 0.467 e. The second-order valence-electron chi connectivity index (χ2n) is 8.03. The molecule has 25 heavy (non-hydrogen) atoms. The molecule has 138 valence electrons. The highest BCUT2D eigenvalue weighted by Crippen LogP contribution is 2.53. The van der Waals surface area contributed by atoms with Crippen LogP contribution in [-0.4, -0.2) is 53.9 Å². The van der Waals surface area contributed by atoms with Gasteiger partial charge in [-0.05, 0) is 19.3 Å². The average Bonchev–Trinajstić information content (AvgIpc) is 2.90. The minimum atomic E-state index is 0.0871. The highest BCUT2D eigenvalue weighted by Gasteiger charge is 2.59. The molecule has 7 nitrogen and oxygen atoms in total. The highest BCUT2D eigenvalue weighted by atomic mass is 16.5. The van der Waals surface area contributed by atoms with Crippen molar-refractivity contribution in [3.8, 4) is 6.01 Å². The van der Waals surface area contributed by atoms with Crippen molar-refractivity contribution in [1.82, 2.24) is 15.0 Å². The molecule has 3 heterocycles. The minimum absolute atomic E-state index is 0.0871. The van der Waals surface area contributed by atoms with Gasteiger partial charge in [0.05, 0.1) is 13.2 Å². The Hall–Kier alpha value is -1.63. The summed E-state index contributed by atoms with van der Waals surface area (Å²) in [7, 11) is 1.61. The Balaban J connectivity index is 1.56. The van der Waals surface area contributed by atoms with Crippen LogP contribution in [0.5, 0.6) is 6.01 Å². The summed E-state index contributed by atoms with van der Waals surface area (Å²) in [4.78, 5) is 15.9. The van der Waals surface area contributed by atoms with Gasteiger partial charge in [0.25, 0.3) is 0 Å². The Labute approximate surface area is 149 Å². The van der Waals surface area contributed by atoms with Crippen molar-refractivity contribution in [2.75, 3.05) is 37.0 Å². The van der Waals surface area contributed by atoms with Crippen LogP contribution in [0.1, 0.15) is 46.0 Å². The summed E-state index contributed by atoms with van der Waals surface area (Å²) in [5, 5.41) is 3.56. The van der Waals surface area contributed by atoms with Crippen molar-refractivity contribution in [3.05, 3.63) is 0 Å². The zero-order valence-electron chi connectivity index (χ0n) is 15.5. The fourth-order valence-corrected chi connectivity index (χ4v) is 4.67. The van der Waals surface area contributed by atoms with Crippen LogP contribution in [0.3, 0.4) is 0 Å². The van der Waals surface area contributed by atoms with Crippen LogP contribution in [0.2, 0.25) is 0 Å². The third kappa shape index (κ3) is 3.03. The number of nitrogens with one attached hydrogen (secondary N) is 1. The van der Waals surface area contributed by atoms with Gasteiger partial charge in [0.2, 0.25) is 11.9 Å². The number of hydrogen-bond acceptors (Lipinski definition) is 7. The van der Waals surface area contributed by atoms with Gasteiger partial charge >= 0.3 is 6.01 Å². The maximum atomic E-state index is 5.89. The van der Waals surface area contributed by atoms with Gasteiger partial charge in [-0.25, -0.2) is 0 Å². The number of hydrogen-bond donors (Lipinski definition) is 1. The van der Waals surface area contributed by atoms with Crippen molar-refractivity contribution >= 4 is 11.9 Å². The number of aromatic nitrogens is 3. The van der Waals surface area contributed by atoms with Gasteiger partial charge in [-0.3, -0.25) is 0 Å². The second-order valence-corrected chi connectivity index (χ2v) is 8.03. The molecule has 0 spiro atoms. The predicted octanol–water partition coefficient (Wildman–Crippen LogP) is 2.49. The van der Waals surface area contributed by atoms with Crippen LogP contribution in [0.25, 0.3) is 0 Å². The van der Waals surface area contributed by atoms with Gasteiger partial charge in [0.15, 0.2) is 0 Å². The van der Waals surface area contributed by atoms with Crippen molar-refractivity contribution in [1.29, 1.82) is 0 Å². The summed E-state index contributed by atoms with van der Waals surface area (Å²) in [5.41, 5.74) is 0.0871. The molecule has 0 amide bonds. The molecule has 1 saturated carbocycles. The first-order chi connectivity index (χ1) is 12.1. The number of nitrogens with zero attached hydrogens (tertiary/aromatic N) is 4. The quantitative estimate of drug-likeness (QED) is 0.897. The summed E-state index contributed by atoms with van der Waals surface area (Å²) in [5.74, 6) is 1.89. The summed E-state index contributed by atoms with van der Waals surface area (Å²) in [6, 6.07) is 0.706. The molecule has 2 aliphatic heterocycles. The van der Waals surface area contributed by atoms with E-state index in [0.29, 0.717) is 30.0 Å². The van der Waals surface area contributed by atoms with E-state index < -0.39 is 0 Å². The van der Waals surface area contributed by atoms with Gasteiger partial charge in [-0.1, -0.05) is 26.7 Å². The Kier molecular flexibility index (Phi) is 4.43. The standard InChI is InChI=1S/C18H29N5O2/c1-18(2)13(12-8-11-25-14(12)18)19-15-20-16(22-17(21-15)24-3)23-9-6-4-5-7-10-23/h12-14H,4-11H2,1-3H3,(H,19,20,21,22)/t12-,13+,14-/m0/s1. The molecule has 1 aromatic heterocycles. The van der Waals surface area contributed by atoms with Gasteiger partial charge in [-0.15, -0.1) is 0 Å². The molecule has 3 atom stereocenters. The Morgan fingerprint density at radius 2 is 1.88 bits per heavy atom. The number of ether oxygens (including phenoxy) is 2. The van der Waals surface area contributed by atoms with Crippen LogP contribution < -0.4 is 15.0 Å². The van der Waals surface area contributed by atoms with E-state index in [1.54, 1.807) is 7.11 Å². The summed E-state index contributed by atoms with van der Waals surface area (Å²) in [6.45, 7) is 7.37. The fraction of sp³-hybridized carbons (Fsp3) is 0.833. The lowest BCUT2D eigenvalue weighted by molar-refractivity contribution is -0.0925. The SMILES string of the molecule is COc1nc(N[C@@H]2[C@@H]3CCO[C@@H]3C2(C)C)nc(N2CCCCCC2)n1. The summed E-state index contributed by atoms with van der Waals surface area (Å²) >= 11 is 0. The average molecular weight is 347 g/mol. The fourth-order valence-electron chi connectivity index (χ4n) is 4.67. The first-order valence-corrected chi connectivity index (χ1v) is 9.53. The topological polar surface area (TPSA) is 72.4 Å². The van der Waals surface area contributed by atoms with Crippen molar-refractivity contribution in [3.63, 3.8) is 0 Å². The van der Waals surface area contributed by atoms with Gasteiger partial charge in [0, 0.05) is 37.1 Å². The maximum absolute atomic E-state index is 5.89. The molecule has 1 aliphatic carbocycles. The number of rotatable bonds is 4. The first-order valence-electron chi connectivity index (χ1n) is 9.53. The number of fused-ring (bicyclic) bond motifs is 1. The van der Waals surface area contributed by atoms with Gasteiger partial charge < -0.3 is 19.7 Å². The predicted molar refractivity (Wildman–Crippen MR) is 96.1 cm³/mol. The maximum Gasteiger partial charge on any atom is 0.322 e. The highest BCUT2D eigenvalue weighted by molar-refractivity contribution is 5.41. The van der Waals surface area contributed by atoms with Crippen LogP contribution in [-0.2, 0) is 4.74 Å². The monoisotopic (exact) mass is 347 g/mol. The normalized spacial score (nSPS) is 31.0. The number of methoxy groups -OCH3 is 1. The molecule has 0 radical (unpaired) electrons. The zero-order chi connectivity index (χ0) is 17.4. The van der Waals surface area contributed by atoms with Crippen LogP contribution in [0.4, 0.5) is 11.9 Å². The van der Waals surface area contributed by atoms with Gasteiger partial charge in [0.1, 0.15) is 0 Å². The molecule has 0 bridgehead atoms. The van der Waals surface area contributed by atoms with Crippen molar-refractivity contribution < 1.29 is 9.47 Å². The van der Waals surface area contributed by atoms with Gasteiger partial charge in [-0.2, -0.15) is 15.0 Å². The summed E-state index contributed by atoms with van der Waals surface area (Å²) in [6.07, 6.45) is 6.39. The van der Waals surface area contributed by atoms with E-state index in [-0.39, 0.29) is 5.41 Å². The smallest absolute Gasteiger partial charge is 0.322 e. The second kappa shape index (κ2) is 6.59. The summed E-state index contributed by atoms with van der Waals surface area (Å²) < 4.78 is 11.2. The Bertz CT molecular complexity index is 615. The van der Waals surface area contributed by atoms with E-state index in [0.717, 1.165) is 32.1 Å². The molecule has 1 aromatic rings. The molecule has 2 saturated heterocycles. The molecule has 3 fully saturated rings. The lowest BCUT2D eigenvalue weighted by Gasteiger charge is -2.54. The third-order valence-electron chi connectivity index (χ3n) is 6.06. The molecular weight excluding hydrogens is 318 g/mol. The number of anilines is 2.